The SMILES string of the molecule is CCOC(=O)CC(CN)C(CO[Si](C)(C)C(C)(C)C)NC(=O)OC(C)(C)C. The molecule has 8 heteroatoms. The zero-order valence-corrected chi connectivity index (χ0v) is 19.6. The van der Waals surface area contributed by atoms with Gasteiger partial charge in [0.05, 0.1) is 25.7 Å². The zero-order valence-electron chi connectivity index (χ0n) is 18.6. The van der Waals surface area contributed by atoms with Crippen LogP contribution in [0.25, 0.3) is 0 Å². The van der Waals surface area contributed by atoms with Gasteiger partial charge in [-0.15, -0.1) is 0 Å². The van der Waals surface area contributed by atoms with E-state index in [2.05, 4.69) is 39.2 Å². The van der Waals surface area contributed by atoms with E-state index in [-0.39, 0.29) is 36.5 Å². The zero-order chi connectivity index (χ0) is 21.5. The lowest BCUT2D eigenvalue weighted by Gasteiger charge is -2.38. The second kappa shape index (κ2) is 10.4. The fraction of sp³-hybridized carbons (Fsp3) is 0.895. The molecule has 0 aromatic rings. The van der Waals surface area contributed by atoms with Crippen LogP contribution in [0.15, 0.2) is 0 Å². The molecular formula is C19H40N2O5Si. The summed E-state index contributed by atoms with van der Waals surface area (Å²) >= 11 is 0. The van der Waals surface area contributed by atoms with Crippen LogP contribution in [0, 0.1) is 5.92 Å². The van der Waals surface area contributed by atoms with E-state index in [4.69, 9.17) is 19.6 Å². The molecule has 0 aliphatic rings. The topological polar surface area (TPSA) is 99.9 Å². The first-order valence-corrected chi connectivity index (χ1v) is 12.5. The first kappa shape index (κ1) is 25.9. The Morgan fingerprint density at radius 2 is 1.67 bits per heavy atom. The molecule has 0 bridgehead atoms. The number of carbonyl (C=O) groups is 2. The van der Waals surface area contributed by atoms with Crippen molar-refractivity contribution in [2.75, 3.05) is 19.8 Å². The van der Waals surface area contributed by atoms with E-state index in [1.54, 1.807) is 27.7 Å². The number of rotatable bonds is 9. The van der Waals surface area contributed by atoms with E-state index in [9.17, 15) is 9.59 Å². The minimum absolute atomic E-state index is 0.0306. The van der Waals surface area contributed by atoms with Crippen molar-refractivity contribution in [3.05, 3.63) is 0 Å². The quantitative estimate of drug-likeness (QED) is 0.451. The number of ether oxygens (including phenoxy) is 2. The van der Waals surface area contributed by atoms with E-state index in [0.29, 0.717) is 6.61 Å². The van der Waals surface area contributed by atoms with Crippen LogP contribution in [0.1, 0.15) is 54.9 Å². The first-order chi connectivity index (χ1) is 12.1. The highest BCUT2D eigenvalue weighted by molar-refractivity contribution is 6.74. The molecule has 0 saturated heterocycles. The maximum absolute atomic E-state index is 12.3. The van der Waals surface area contributed by atoms with E-state index < -0.39 is 26.1 Å². The van der Waals surface area contributed by atoms with Crippen LogP contribution < -0.4 is 11.1 Å². The lowest BCUT2D eigenvalue weighted by Crippen LogP contribution is -2.51. The molecule has 0 fully saturated rings. The van der Waals surface area contributed by atoms with Crippen molar-refractivity contribution in [2.24, 2.45) is 11.7 Å². The van der Waals surface area contributed by atoms with Crippen molar-refractivity contribution in [1.29, 1.82) is 0 Å². The Kier molecular flexibility index (Phi) is 10.00. The van der Waals surface area contributed by atoms with Gasteiger partial charge in [0.15, 0.2) is 8.32 Å². The summed E-state index contributed by atoms with van der Waals surface area (Å²) in [6.07, 6.45) is -0.431. The van der Waals surface area contributed by atoms with Gasteiger partial charge in [-0.2, -0.15) is 0 Å². The lowest BCUT2D eigenvalue weighted by atomic mass is 9.97. The molecule has 7 nitrogen and oxygen atoms in total. The number of hydrogen-bond donors (Lipinski definition) is 2. The van der Waals surface area contributed by atoms with Gasteiger partial charge < -0.3 is 25.0 Å². The van der Waals surface area contributed by atoms with Crippen LogP contribution in [0.5, 0.6) is 0 Å². The Morgan fingerprint density at radius 3 is 2.07 bits per heavy atom. The second-order valence-electron chi connectivity index (χ2n) is 9.33. The van der Waals surface area contributed by atoms with Crippen LogP contribution in [0.2, 0.25) is 18.1 Å². The molecule has 0 aliphatic carbocycles. The van der Waals surface area contributed by atoms with E-state index in [1.165, 1.54) is 0 Å². The third kappa shape index (κ3) is 10.1. The molecule has 0 aliphatic heterocycles. The number of nitrogens with two attached hydrogens (primary N) is 1. The summed E-state index contributed by atoms with van der Waals surface area (Å²) in [5.41, 5.74) is 5.29. The molecule has 0 aromatic heterocycles. The summed E-state index contributed by atoms with van der Waals surface area (Å²) in [7, 11) is -2.03. The maximum Gasteiger partial charge on any atom is 0.407 e. The minimum atomic E-state index is -2.03. The van der Waals surface area contributed by atoms with Gasteiger partial charge in [-0.25, -0.2) is 4.79 Å². The van der Waals surface area contributed by atoms with Crippen molar-refractivity contribution >= 4 is 20.4 Å². The molecule has 2 atom stereocenters. The van der Waals surface area contributed by atoms with Gasteiger partial charge >= 0.3 is 12.1 Å². The minimum Gasteiger partial charge on any atom is -0.466 e. The highest BCUT2D eigenvalue weighted by Crippen LogP contribution is 2.36. The summed E-state index contributed by atoms with van der Waals surface area (Å²) < 4.78 is 16.7. The van der Waals surface area contributed by atoms with Crippen LogP contribution in [-0.2, 0) is 18.7 Å². The predicted molar refractivity (Wildman–Crippen MR) is 110 cm³/mol. The van der Waals surface area contributed by atoms with Gasteiger partial charge in [-0.1, -0.05) is 20.8 Å². The summed E-state index contributed by atoms with van der Waals surface area (Å²) in [5, 5.41) is 2.87. The molecule has 0 spiro atoms. The highest BCUT2D eigenvalue weighted by atomic mass is 28.4. The van der Waals surface area contributed by atoms with Crippen molar-refractivity contribution in [2.45, 2.75) is 84.7 Å². The average molecular weight is 405 g/mol. The van der Waals surface area contributed by atoms with Gasteiger partial charge in [-0.3, -0.25) is 4.79 Å². The Morgan fingerprint density at radius 1 is 1.11 bits per heavy atom. The van der Waals surface area contributed by atoms with Gasteiger partial charge in [0.25, 0.3) is 0 Å². The highest BCUT2D eigenvalue weighted by Gasteiger charge is 2.38. The summed E-state index contributed by atoms with van der Waals surface area (Å²) in [6.45, 7) is 18.7. The molecule has 27 heavy (non-hydrogen) atoms. The lowest BCUT2D eigenvalue weighted by molar-refractivity contribution is -0.144. The summed E-state index contributed by atoms with van der Waals surface area (Å²) in [5.74, 6) is -0.641. The first-order valence-electron chi connectivity index (χ1n) is 9.62. The number of amides is 1. The molecule has 3 N–H and O–H groups in total. The number of esters is 1. The van der Waals surface area contributed by atoms with Crippen molar-refractivity contribution in [1.82, 2.24) is 5.32 Å². The van der Waals surface area contributed by atoms with Crippen molar-refractivity contribution in [3.63, 3.8) is 0 Å². The Balaban J connectivity index is 5.28. The smallest absolute Gasteiger partial charge is 0.407 e. The van der Waals surface area contributed by atoms with Crippen LogP contribution in [-0.4, -0.2) is 51.8 Å². The van der Waals surface area contributed by atoms with Gasteiger partial charge in [0.2, 0.25) is 0 Å². The molecule has 0 heterocycles. The van der Waals surface area contributed by atoms with E-state index >= 15 is 0 Å². The number of carbonyl (C=O) groups excluding carboxylic acids is 2. The third-order valence-corrected chi connectivity index (χ3v) is 9.24. The Hall–Kier alpha value is -1.12. The normalized spacial score (nSPS) is 15.0. The monoisotopic (exact) mass is 404 g/mol. The third-order valence-electron chi connectivity index (χ3n) is 4.74. The average Bonchev–Trinajstić information content (AvgIpc) is 2.46. The van der Waals surface area contributed by atoms with Crippen LogP contribution in [0.4, 0.5) is 4.79 Å². The van der Waals surface area contributed by atoms with Crippen LogP contribution in [0.3, 0.4) is 0 Å². The molecule has 1 amide bonds. The molecule has 0 radical (unpaired) electrons. The molecule has 0 aromatic carbocycles. The number of nitrogens with one attached hydrogen (secondary N) is 1. The van der Waals surface area contributed by atoms with Crippen molar-refractivity contribution in [3.8, 4) is 0 Å². The second-order valence-corrected chi connectivity index (χ2v) is 14.1. The van der Waals surface area contributed by atoms with Gasteiger partial charge in [0, 0.05) is 5.92 Å². The van der Waals surface area contributed by atoms with Crippen molar-refractivity contribution < 1.29 is 23.5 Å². The summed E-state index contributed by atoms with van der Waals surface area (Å²) in [6, 6.07) is -0.441. The summed E-state index contributed by atoms with van der Waals surface area (Å²) in [4.78, 5) is 24.2. The van der Waals surface area contributed by atoms with Crippen LogP contribution >= 0.6 is 0 Å². The van der Waals surface area contributed by atoms with Gasteiger partial charge in [-0.05, 0) is 52.4 Å². The molecular weight excluding hydrogens is 364 g/mol. The van der Waals surface area contributed by atoms with Gasteiger partial charge in [0.1, 0.15) is 5.60 Å². The molecule has 0 rings (SSSR count). The van der Waals surface area contributed by atoms with E-state index in [1.807, 2.05) is 0 Å². The fourth-order valence-corrected chi connectivity index (χ4v) is 3.12. The fourth-order valence-electron chi connectivity index (χ4n) is 2.09. The Labute approximate surface area is 165 Å². The standard InChI is InChI=1S/C19H40N2O5Si/c1-10-24-16(22)11-14(12-20)15(21-17(23)26-18(2,3)4)13-25-27(8,9)19(5,6)7/h14-15H,10-13,20H2,1-9H3,(H,21,23). The number of hydrogen-bond acceptors (Lipinski definition) is 6. The molecule has 160 valence electrons. The largest absolute Gasteiger partial charge is 0.466 e. The maximum atomic E-state index is 12.3. The van der Waals surface area contributed by atoms with E-state index in [0.717, 1.165) is 0 Å². The predicted octanol–water partition coefficient (Wildman–Crippen LogP) is 3.43. The molecule has 2 unspecified atom stereocenters. The Bertz CT molecular complexity index is 483. The molecule has 0 saturated carbocycles. The number of alkyl carbamates (subject to hydrolysis) is 1.